The van der Waals surface area contributed by atoms with Gasteiger partial charge >= 0.3 is 5.69 Å². The number of thioether (sulfide) groups is 1. The lowest BCUT2D eigenvalue weighted by Crippen LogP contribution is -2.22. The van der Waals surface area contributed by atoms with Crippen molar-refractivity contribution in [3.8, 4) is 5.75 Å². The smallest absolute Gasteiger partial charge is 0.323 e. The van der Waals surface area contributed by atoms with E-state index in [1.54, 1.807) is 25.3 Å². The largest absolute Gasteiger partial charge is 0.497 e. The molecule has 3 N–H and O–H groups in total. The molecular formula is C17H17N3O3S. The summed E-state index contributed by atoms with van der Waals surface area (Å²) in [5.74, 6) is 0.648. The Morgan fingerprint density at radius 1 is 1.17 bits per heavy atom. The van der Waals surface area contributed by atoms with Gasteiger partial charge in [-0.2, -0.15) is 0 Å². The van der Waals surface area contributed by atoms with Crippen LogP contribution in [0.1, 0.15) is 6.92 Å². The molecule has 3 rings (SSSR count). The molecule has 1 amide bonds. The fourth-order valence-electron chi connectivity index (χ4n) is 2.29. The Kier molecular flexibility index (Phi) is 4.61. The number of aromatic nitrogens is 2. The minimum absolute atomic E-state index is 0.111. The standard InChI is InChI=1S/C17H17N3O3S/c1-10(24-13-5-3-4-12(9-13)23-2)16(21)18-11-6-7-14-15(8-11)20-17(22)19-14/h3-10H,1-2H3,(H,18,21)(H2,19,20,22). The molecule has 0 bridgehead atoms. The van der Waals surface area contributed by atoms with E-state index in [9.17, 15) is 9.59 Å². The first-order chi connectivity index (χ1) is 11.5. The zero-order chi connectivity index (χ0) is 17.1. The number of H-pyrrole nitrogens is 2. The average Bonchev–Trinajstić information content (AvgIpc) is 2.94. The number of nitrogens with one attached hydrogen (secondary N) is 3. The SMILES string of the molecule is COc1cccc(SC(C)C(=O)Nc2ccc3[nH]c(=O)[nH]c3c2)c1. The van der Waals surface area contributed by atoms with Crippen molar-refractivity contribution < 1.29 is 9.53 Å². The molecule has 2 aromatic carbocycles. The molecule has 24 heavy (non-hydrogen) atoms. The van der Waals surface area contributed by atoms with Gasteiger partial charge in [-0.3, -0.25) is 4.79 Å². The molecule has 3 aromatic rings. The van der Waals surface area contributed by atoms with Crippen molar-refractivity contribution in [2.24, 2.45) is 0 Å². The summed E-state index contributed by atoms with van der Waals surface area (Å²) in [6.45, 7) is 1.84. The zero-order valence-corrected chi connectivity index (χ0v) is 14.1. The van der Waals surface area contributed by atoms with Gasteiger partial charge in [0.05, 0.1) is 23.4 Å². The zero-order valence-electron chi connectivity index (χ0n) is 13.3. The highest BCUT2D eigenvalue weighted by Crippen LogP contribution is 2.27. The van der Waals surface area contributed by atoms with E-state index >= 15 is 0 Å². The molecule has 1 aromatic heterocycles. The molecule has 0 aliphatic heterocycles. The van der Waals surface area contributed by atoms with Crippen LogP contribution in [0.25, 0.3) is 11.0 Å². The third-order valence-electron chi connectivity index (χ3n) is 3.51. The normalized spacial score (nSPS) is 12.1. The molecule has 0 aliphatic rings. The van der Waals surface area contributed by atoms with Crippen LogP contribution >= 0.6 is 11.8 Å². The topological polar surface area (TPSA) is 87.0 Å². The Morgan fingerprint density at radius 3 is 2.75 bits per heavy atom. The maximum atomic E-state index is 12.4. The van der Waals surface area contributed by atoms with Gasteiger partial charge in [0.1, 0.15) is 5.75 Å². The fourth-order valence-corrected chi connectivity index (χ4v) is 3.20. The van der Waals surface area contributed by atoms with Gasteiger partial charge in [-0.1, -0.05) is 6.07 Å². The van der Waals surface area contributed by atoms with Crippen LogP contribution in [0.3, 0.4) is 0 Å². The van der Waals surface area contributed by atoms with Gasteiger partial charge in [-0.05, 0) is 43.3 Å². The van der Waals surface area contributed by atoms with Gasteiger partial charge in [0.15, 0.2) is 0 Å². The molecule has 6 nitrogen and oxygen atoms in total. The Balaban J connectivity index is 1.69. The minimum Gasteiger partial charge on any atom is -0.497 e. The molecule has 7 heteroatoms. The van der Waals surface area contributed by atoms with Crippen molar-refractivity contribution in [3.63, 3.8) is 0 Å². The predicted molar refractivity (Wildman–Crippen MR) is 95.9 cm³/mol. The number of ether oxygens (including phenoxy) is 1. The van der Waals surface area contributed by atoms with E-state index in [2.05, 4.69) is 15.3 Å². The van der Waals surface area contributed by atoms with Crippen LogP contribution in [0.5, 0.6) is 5.75 Å². The number of carbonyl (C=O) groups excluding carboxylic acids is 1. The lowest BCUT2D eigenvalue weighted by atomic mass is 10.2. The molecule has 1 heterocycles. The molecule has 1 atom stereocenters. The minimum atomic E-state index is -0.280. The molecular weight excluding hydrogens is 326 g/mol. The van der Waals surface area contributed by atoms with Crippen molar-refractivity contribution in [1.29, 1.82) is 0 Å². The van der Waals surface area contributed by atoms with Crippen LogP contribution in [0, 0.1) is 0 Å². The molecule has 124 valence electrons. The number of fused-ring (bicyclic) bond motifs is 1. The predicted octanol–water partition coefficient (Wildman–Crippen LogP) is 2.98. The Hall–Kier alpha value is -2.67. The third kappa shape index (κ3) is 3.62. The summed E-state index contributed by atoms with van der Waals surface area (Å²) in [4.78, 5) is 29.9. The number of anilines is 1. The summed E-state index contributed by atoms with van der Waals surface area (Å²) < 4.78 is 5.19. The van der Waals surface area contributed by atoms with Gasteiger partial charge in [-0.15, -0.1) is 11.8 Å². The fraction of sp³-hybridized carbons (Fsp3) is 0.176. The summed E-state index contributed by atoms with van der Waals surface area (Å²) in [6, 6.07) is 12.8. The number of rotatable bonds is 5. The Labute approximate surface area is 142 Å². The van der Waals surface area contributed by atoms with Crippen molar-refractivity contribution in [2.75, 3.05) is 12.4 Å². The number of benzene rings is 2. The first kappa shape index (κ1) is 16.2. The van der Waals surface area contributed by atoms with E-state index in [1.165, 1.54) is 11.8 Å². The van der Waals surface area contributed by atoms with Gasteiger partial charge < -0.3 is 20.0 Å². The first-order valence-corrected chi connectivity index (χ1v) is 8.27. The quantitative estimate of drug-likeness (QED) is 0.622. The highest BCUT2D eigenvalue weighted by atomic mass is 32.2. The van der Waals surface area contributed by atoms with Crippen LogP contribution < -0.4 is 15.7 Å². The second-order valence-corrected chi connectivity index (χ2v) is 6.68. The lowest BCUT2D eigenvalue weighted by Gasteiger charge is -2.12. The molecule has 0 radical (unpaired) electrons. The number of methoxy groups -OCH3 is 1. The summed E-state index contributed by atoms with van der Waals surface area (Å²) in [5.41, 5.74) is 1.74. The van der Waals surface area contributed by atoms with Gasteiger partial charge in [0.25, 0.3) is 0 Å². The number of hydrogen-bond donors (Lipinski definition) is 3. The van der Waals surface area contributed by atoms with Crippen LogP contribution in [0.4, 0.5) is 5.69 Å². The molecule has 0 saturated carbocycles. The molecule has 0 saturated heterocycles. The molecule has 0 spiro atoms. The highest BCUT2D eigenvalue weighted by Gasteiger charge is 2.15. The van der Waals surface area contributed by atoms with Crippen LogP contribution in [0.2, 0.25) is 0 Å². The van der Waals surface area contributed by atoms with Crippen molar-refractivity contribution in [1.82, 2.24) is 9.97 Å². The van der Waals surface area contributed by atoms with Gasteiger partial charge in [0.2, 0.25) is 5.91 Å². The van der Waals surface area contributed by atoms with Crippen LogP contribution in [-0.2, 0) is 4.79 Å². The van der Waals surface area contributed by atoms with E-state index in [0.717, 1.165) is 10.6 Å². The molecule has 0 fully saturated rings. The summed E-state index contributed by atoms with van der Waals surface area (Å²) in [7, 11) is 1.61. The number of imidazole rings is 1. The molecule has 1 unspecified atom stereocenters. The van der Waals surface area contributed by atoms with E-state index in [-0.39, 0.29) is 16.8 Å². The van der Waals surface area contributed by atoms with Crippen LogP contribution in [0.15, 0.2) is 52.2 Å². The van der Waals surface area contributed by atoms with Gasteiger partial charge in [-0.25, -0.2) is 4.79 Å². The van der Waals surface area contributed by atoms with Gasteiger partial charge in [0, 0.05) is 10.6 Å². The number of hydrogen-bond acceptors (Lipinski definition) is 4. The molecule has 0 aliphatic carbocycles. The summed E-state index contributed by atoms with van der Waals surface area (Å²) in [6.07, 6.45) is 0. The maximum absolute atomic E-state index is 12.4. The monoisotopic (exact) mass is 343 g/mol. The number of aromatic amines is 2. The van der Waals surface area contributed by atoms with Crippen molar-refractivity contribution in [2.45, 2.75) is 17.1 Å². The summed E-state index contributed by atoms with van der Waals surface area (Å²) in [5, 5.41) is 2.59. The first-order valence-electron chi connectivity index (χ1n) is 7.39. The summed E-state index contributed by atoms with van der Waals surface area (Å²) >= 11 is 1.45. The van der Waals surface area contributed by atoms with E-state index in [4.69, 9.17) is 4.74 Å². The lowest BCUT2D eigenvalue weighted by molar-refractivity contribution is -0.115. The van der Waals surface area contributed by atoms with E-state index < -0.39 is 0 Å². The second-order valence-electron chi connectivity index (χ2n) is 5.27. The third-order valence-corrected chi connectivity index (χ3v) is 4.60. The Bertz CT molecular complexity index is 932. The number of carbonyl (C=O) groups is 1. The highest BCUT2D eigenvalue weighted by molar-refractivity contribution is 8.00. The van der Waals surface area contributed by atoms with Crippen LogP contribution in [-0.4, -0.2) is 28.2 Å². The van der Waals surface area contributed by atoms with E-state index in [1.807, 2.05) is 31.2 Å². The second kappa shape index (κ2) is 6.84. The van der Waals surface area contributed by atoms with E-state index in [0.29, 0.717) is 16.7 Å². The number of amides is 1. The average molecular weight is 343 g/mol. The van der Waals surface area contributed by atoms with Crippen molar-refractivity contribution in [3.05, 3.63) is 52.9 Å². The maximum Gasteiger partial charge on any atom is 0.323 e. The Morgan fingerprint density at radius 2 is 1.96 bits per heavy atom. The van der Waals surface area contributed by atoms with Crippen molar-refractivity contribution >= 4 is 34.4 Å².